The van der Waals surface area contributed by atoms with Gasteiger partial charge >= 0.3 is 0 Å². The zero-order valence-electron chi connectivity index (χ0n) is 12.5. The number of nitrogens with two attached hydrogens (primary N) is 1. The average Bonchev–Trinajstić information content (AvgIpc) is 2.40. The second-order valence-corrected chi connectivity index (χ2v) is 5.10. The highest BCUT2D eigenvalue weighted by atomic mass is 16.5. The molecule has 0 radical (unpaired) electrons. The lowest BCUT2D eigenvalue weighted by Crippen LogP contribution is -2.17. The van der Waals surface area contributed by atoms with Gasteiger partial charge in [-0.05, 0) is 25.5 Å². The second kappa shape index (κ2) is 9.23. The third kappa shape index (κ3) is 6.45. The van der Waals surface area contributed by atoms with Crippen molar-refractivity contribution in [1.29, 1.82) is 0 Å². The molecule has 0 aliphatic heterocycles. The minimum atomic E-state index is -0.344. The number of anilines is 1. The number of amides is 1. The Labute approximate surface area is 121 Å². The maximum absolute atomic E-state index is 10.7. The van der Waals surface area contributed by atoms with Crippen molar-refractivity contribution in [3.63, 3.8) is 0 Å². The topological polar surface area (TPSA) is 64.3 Å². The molecule has 0 spiro atoms. The Morgan fingerprint density at radius 2 is 2.10 bits per heavy atom. The van der Waals surface area contributed by atoms with Gasteiger partial charge in [-0.15, -0.1) is 0 Å². The molecule has 4 heteroatoms. The molecule has 0 aliphatic rings. The van der Waals surface area contributed by atoms with Crippen LogP contribution in [0.1, 0.15) is 46.0 Å². The van der Waals surface area contributed by atoms with Gasteiger partial charge in [-0.2, -0.15) is 0 Å². The number of para-hydroxylation sites is 2. The summed E-state index contributed by atoms with van der Waals surface area (Å²) < 4.78 is 5.61. The van der Waals surface area contributed by atoms with E-state index in [1.807, 2.05) is 24.3 Å². The van der Waals surface area contributed by atoms with Gasteiger partial charge in [-0.1, -0.05) is 38.3 Å². The van der Waals surface area contributed by atoms with Gasteiger partial charge in [0.15, 0.2) is 0 Å². The van der Waals surface area contributed by atoms with Crippen LogP contribution in [-0.2, 0) is 4.79 Å². The summed E-state index contributed by atoms with van der Waals surface area (Å²) in [6, 6.07) is 8.20. The Balaban J connectivity index is 2.49. The summed E-state index contributed by atoms with van der Waals surface area (Å²) in [5.74, 6) is 0.430. The Morgan fingerprint density at radius 1 is 1.35 bits per heavy atom. The summed E-state index contributed by atoms with van der Waals surface area (Å²) in [5, 5.41) is 3.47. The van der Waals surface area contributed by atoms with Crippen LogP contribution in [-0.4, -0.2) is 18.6 Å². The summed E-state index contributed by atoms with van der Waals surface area (Å²) in [4.78, 5) is 10.7. The van der Waals surface area contributed by atoms with Crippen LogP contribution in [0.15, 0.2) is 24.3 Å². The molecule has 1 aromatic carbocycles. The fourth-order valence-corrected chi connectivity index (χ4v) is 2.01. The molecule has 0 heterocycles. The standard InChI is InChI=1S/C16H26N2O2/c1-3-4-5-8-13(2)18-14-9-6-7-10-15(14)20-12-11-16(17)19/h6-7,9-10,13,18H,3-5,8,11-12H2,1-2H3,(H2,17,19). The molecule has 4 nitrogen and oxygen atoms in total. The number of nitrogens with one attached hydrogen (secondary N) is 1. The van der Waals surface area contributed by atoms with E-state index in [1.54, 1.807) is 0 Å². The van der Waals surface area contributed by atoms with Crippen LogP contribution in [0.25, 0.3) is 0 Å². The summed E-state index contributed by atoms with van der Waals surface area (Å²) >= 11 is 0. The molecule has 20 heavy (non-hydrogen) atoms. The number of primary amides is 1. The van der Waals surface area contributed by atoms with Crippen LogP contribution in [0, 0.1) is 0 Å². The van der Waals surface area contributed by atoms with Crippen molar-refractivity contribution >= 4 is 11.6 Å². The lowest BCUT2D eigenvalue weighted by molar-refractivity contribution is -0.118. The average molecular weight is 278 g/mol. The Morgan fingerprint density at radius 3 is 2.80 bits per heavy atom. The van der Waals surface area contributed by atoms with Crippen molar-refractivity contribution in [3.05, 3.63) is 24.3 Å². The van der Waals surface area contributed by atoms with Gasteiger partial charge in [0.05, 0.1) is 18.7 Å². The number of ether oxygens (including phenoxy) is 1. The smallest absolute Gasteiger partial charge is 0.220 e. The highest BCUT2D eigenvalue weighted by molar-refractivity contribution is 5.73. The van der Waals surface area contributed by atoms with Crippen molar-refractivity contribution < 1.29 is 9.53 Å². The third-order valence-corrected chi connectivity index (χ3v) is 3.14. The van der Waals surface area contributed by atoms with Crippen molar-refractivity contribution in [2.45, 2.75) is 52.0 Å². The van der Waals surface area contributed by atoms with Crippen LogP contribution in [0.4, 0.5) is 5.69 Å². The predicted octanol–water partition coefficient (Wildman–Crippen LogP) is 3.32. The normalized spacial score (nSPS) is 11.9. The Kier molecular flexibility index (Phi) is 7.55. The number of unbranched alkanes of at least 4 members (excludes halogenated alkanes) is 2. The van der Waals surface area contributed by atoms with Gasteiger partial charge < -0.3 is 15.8 Å². The van der Waals surface area contributed by atoms with E-state index in [4.69, 9.17) is 10.5 Å². The molecule has 1 aromatic rings. The molecule has 3 N–H and O–H groups in total. The van der Waals surface area contributed by atoms with Gasteiger partial charge in [0, 0.05) is 6.04 Å². The van der Waals surface area contributed by atoms with Crippen molar-refractivity contribution in [2.24, 2.45) is 5.73 Å². The summed E-state index contributed by atoms with van der Waals surface area (Å²) in [6.07, 6.45) is 5.11. The minimum Gasteiger partial charge on any atom is -0.491 e. The molecule has 0 aliphatic carbocycles. The lowest BCUT2D eigenvalue weighted by Gasteiger charge is -2.18. The quantitative estimate of drug-likeness (QED) is 0.645. The molecular formula is C16H26N2O2. The van der Waals surface area contributed by atoms with Crippen LogP contribution in [0.2, 0.25) is 0 Å². The zero-order valence-corrected chi connectivity index (χ0v) is 12.5. The van der Waals surface area contributed by atoms with E-state index in [9.17, 15) is 4.79 Å². The monoisotopic (exact) mass is 278 g/mol. The number of benzene rings is 1. The molecule has 112 valence electrons. The van der Waals surface area contributed by atoms with E-state index >= 15 is 0 Å². The maximum atomic E-state index is 10.7. The largest absolute Gasteiger partial charge is 0.491 e. The highest BCUT2D eigenvalue weighted by Crippen LogP contribution is 2.25. The van der Waals surface area contributed by atoms with Gasteiger partial charge in [-0.25, -0.2) is 0 Å². The van der Waals surface area contributed by atoms with E-state index in [2.05, 4.69) is 19.2 Å². The number of rotatable bonds is 10. The number of hydrogen-bond donors (Lipinski definition) is 2. The first-order chi connectivity index (χ1) is 9.63. The second-order valence-electron chi connectivity index (χ2n) is 5.10. The Hall–Kier alpha value is -1.71. The molecule has 1 unspecified atom stereocenters. The van der Waals surface area contributed by atoms with Gasteiger partial charge in [-0.3, -0.25) is 4.79 Å². The van der Waals surface area contributed by atoms with Crippen molar-refractivity contribution in [3.8, 4) is 5.75 Å². The SMILES string of the molecule is CCCCCC(C)Nc1ccccc1OCCC(N)=O. The molecule has 0 aromatic heterocycles. The lowest BCUT2D eigenvalue weighted by atomic mass is 10.1. The molecule has 0 fully saturated rings. The van der Waals surface area contributed by atoms with E-state index in [0.717, 1.165) is 17.9 Å². The number of hydrogen-bond acceptors (Lipinski definition) is 3. The molecular weight excluding hydrogens is 252 g/mol. The predicted molar refractivity (Wildman–Crippen MR) is 83.0 cm³/mol. The van der Waals surface area contributed by atoms with Gasteiger partial charge in [0.25, 0.3) is 0 Å². The van der Waals surface area contributed by atoms with Gasteiger partial charge in [0.1, 0.15) is 5.75 Å². The van der Waals surface area contributed by atoms with Crippen molar-refractivity contribution in [1.82, 2.24) is 0 Å². The first kappa shape index (κ1) is 16.3. The first-order valence-electron chi connectivity index (χ1n) is 7.40. The van der Waals surface area contributed by atoms with Crippen LogP contribution < -0.4 is 15.8 Å². The number of carbonyl (C=O) groups is 1. The van der Waals surface area contributed by atoms with Crippen LogP contribution in [0.3, 0.4) is 0 Å². The molecule has 1 rings (SSSR count). The molecule has 0 bridgehead atoms. The minimum absolute atomic E-state index is 0.236. The fraction of sp³-hybridized carbons (Fsp3) is 0.562. The van der Waals surface area contributed by atoms with E-state index in [-0.39, 0.29) is 12.3 Å². The Bertz CT molecular complexity index is 407. The van der Waals surface area contributed by atoms with E-state index < -0.39 is 0 Å². The zero-order chi connectivity index (χ0) is 14.8. The molecule has 1 amide bonds. The van der Waals surface area contributed by atoms with Crippen LogP contribution >= 0.6 is 0 Å². The van der Waals surface area contributed by atoms with E-state index in [1.165, 1.54) is 19.3 Å². The molecule has 1 atom stereocenters. The van der Waals surface area contributed by atoms with Gasteiger partial charge in [0.2, 0.25) is 5.91 Å². The summed E-state index contributed by atoms with van der Waals surface area (Å²) in [7, 11) is 0. The fourth-order valence-electron chi connectivity index (χ4n) is 2.01. The van der Waals surface area contributed by atoms with Crippen LogP contribution in [0.5, 0.6) is 5.75 Å². The maximum Gasteiger partial charge on any atom is 0.220 e. The highest BCUT2D eigenvalue weighted by Gasteiger charge is 2.07. The molecule has 0 saturated heterocycles. The number of carbonyl (C=O) groups excluding carboxylic acids is 1. The van der Waals surface area contributed by atoms with E-state index in [0.29, 0.717) is 12.6 Å². The summed E-state index contributed by atoms with van der Waals surface area (Å²) in [6.45, 7) is 4.70. The summed E-state index contributed by atoms with van der Waals surface area (Å²) in [5.41, 5.74) is 6.08. The first-order valence-corrected chi connectivity index (χ1v) is 7.40. The van der Waals surface area contributed by atoms with Crippen molar-refractivity contribution in [2.75, 3.05) is 11.9 Å². The third-order valence-electron chi connectivity index (χ3n) is 3.14. The molecule has 0 saturated carbocycles.